The molecule has 12 heteroatoms. The average molecular weight is 755 g/mol. The molecule has 2 aliphatic rings. The molecule has 294 valence electrons. The Morgan fingerprint density at radius 3 is 2.27 bits per heavy atom. The van der Waals surface area contributed by atoms with Crippen LogP contribution in [0, 0.1) is 5.41 Å². The van der Waals surface area contributed by atoms with Gasteiger partial charge in [-0.1, -0.05) is 63.2 Å². The summed E-state index contributed by atoms with van der Waals surface area (Å²) in [6, 6.07) is 17.1. The zero-order valence-corrected chi connectivity index (χ0v) is 33.1. The standard InChI is InChI=1S/C43H54N4O8/c1-26(46(8)41(53)55-43(5,6)7)37(48)45-36(42(2,3)4)39(50)47-24-31-22-32(54-25-27-16-18-29(19-17-27)40(51)52)21-20-30(31)23-35(47)38(49)44-34-15-11-13-28-12-9-10-14-33(28)34/h9-10,12,14,16-22,26,34-36H,11,13,15,23-25H2,1-8H3,(H,44,49)(H,45,48)(H,51,52)/t26-,34?,35-,36+/m0/s1. The lowest BCUT2D eigenvalue weighted by Crippen LogP contribution is -2.62. The maximum Gasteiger partial charge on any atom is 0.410 e. The van der Waals surface area contributed by atoms with Crippen LogP contribution in [0.4, 0.5) is 4.79 Å². The molecular weight excluding hydrogens is 700 g/mol. The molecule has 1 unspecified atom stereocenters. The highest BCUT2D eigenvalue weighted by Gasteiger charge is 2.43. The number of benzene rings is 3. The number of fused-ring (bicyclic) bond motifs is 2. The van der Waals surface area contributed by atoms with E-state index in [0.29, 0.717) is 5.75 Å². The van der Waals surface area contributed by atoms with Crippen LogP contribution in [0.2, 0.25) is 0 Å². The van der Waals surface area contributed by atoms with Gasteiger partial charge in [0.1, 0.15) is 36.1 Å². The molecule has 0 bridgehead atoms. The van der Waals surface area contributed by atoms with Gasteiger partial charge in [0, 0.05) is 20.0 Å². The molecular formula is C43H54N4O8. The summed E-state index contributed by atoms with van der Waals surface area (Å²) in [6.45, 7) is 12.6. The van der Waals surface area contributed by atoms with Crippen molar-refractivity contribution in [1.82, 2.24) is 20.4 Å². The van der Waals surface area contributed by atoms with E-state index in [9.17, 15) is 29.1 Å². The van der Waals surface area contributed by atoms with Gasteiger partial charge in [-0.3, -0.25) is 19.3 Å². The Hall–Kier alpha value is -5.39. The SMILES string of the molecule is C[C@@H](C(=O)N[C@H](C(=O)N1Cc2cc(OCc3ccc(C(=O)O)cc3)ccc2C[C@H]1C(=O)NC1CCCc2ccccc21)C(C)(C)C)N(C)C(=O)OC(C)(C)C. The largest absolute Gasteiger partial charge is 0.489 e. The topological polar surface area (TPSA) is 155 Å². The highest BCUT2D eigenvalue weighted by atomic mass is 16.6. The number of nitrogens with zero attached hydrogens (tertiary/aromatic N) is 2. The molecule has 12 nitrogen and oxygen atoms in total. The summed E-state index contributed by atoms with van der Waals surface area (Å²) >= 11 is 0. The molecule has 1 heterocycles. The molecule has 4 atom stereocenters. The van der Waals surface area contributed by atoms with Gasteiger partial charge in [-0.05, 0) is 104 Å². The lowest BCUT2D eigenvalue weighted by atomic mass is 9.83. The van der Waals surface area contributed by atoms with Gasteiger partial charge >= 0.3 is 12.1 Å². The second kappa shape index (κ2) is 16.5. The number of aryl methyl sites for hydroxylation is 1. The minimum absolute atomic E-state index is 0.0911. The number of likely N-dealkylation sites (N-methyl/N-ethyl adjacent to an activating group) is 1. The summed E-state index contributed by atoms with van der Waals surface area (Å²) in [5.74, 6) is -1.69. The number of ether oxygens (including phenoxy) is 2. The fraction of sp³-hybridized carbons (Fsp3) is 0.465. The van der Waals surface area contributed by atoms with E-state index >= 15 is 0 Å². The molecule has 4 amide bonds. The smallest absolute Gasteiger partial charge is 0.410 e. The second-order valence-electron chi connectivity index (χ2n) is 16.6. The highest BCUT2D eigenvalue weighted by molar-refractivity contribution is 5.95. The zero-order chi connectivity index (χ0) is 40.2. The Morgan fingerprint density at radius 1 is 0.927 bits per heavy atom. The van der Waals surface area contributed by atoms with Crippen molar-refractivity contribution in [1.29, 1.82) is 0 Å². The Kier molecular flexibility index (Phi) is 12.3. The number of aromatic carboxylic acids is 1. The summed E-state index contributed by atoms with van der Waals surface area (Å²) in [5, 5.41) is 15.4. The summed E-state index contributed by atoms with van der Waals surface area (Å²) < 4.78 is 11.6. The molecule has 0 saturated carbocycles. The summed E-state index contributed by atoms with van der Waals surface area (Å²) in [5.41, 5.74) is 3.42. The van der Waals surface area contributed by atoms with Crippen molar-refractivity contribution >= 4 is 29.8 Å². The van der Waals surface area contributed by atoms with Gasteiger partial charge in [0.25, 0.3) is 0 Å². The molecule has 55 heavy (non-hydrogen) atoms. The lowest BCUT2D eigenvalue weighted by Gasteiger charge is -2.42. The van der Waals surface area contributed by atoms with Crippen LogP contribution in [-0.2, 0) is 45.1 Å². The van der Waals surface area contributed by atoms with Crippen LogP contribution < -0.4 is 15.4 Å². The highest BCUT2D eigenvalue weighted by Crippen LogP contribution is 2.33. The van der Waals surface area contributed by atoms with Gasteiger partial charge in [-0.15, -0.1) is 0 Å². The maximum absolute atomic E-state index is 14.8. The number of carboxylic acid groups (broad SMARTS) is 1. The van der Waals surface area contributed by atoms with Crippen molar-refractivity contribution in [2.75, 3.05) is 7.05 Å². The van der Waals surface area contributed by atoms with E-state index in [1.165, 1.54) is 29.6 Å². The van der Waals surface area contributed by atoms with Crippen LogP contribution in [-0.4, -0.2) is 75.5 Å². The predicted octanol–water partition coefficient (Wildman–Crippen LogP) is 6.20. The van der Waals surface area contributed by atoms with Gasteiger partial charge in [-0.2, -0.15) is 0 Å². The molecule has 5 rings (SSSR count). The van der Waals surface area contributed by atoms with Gasteiger partial charge in [0.05, 0.1) is 11.6 Å². The number of carbonyl (C=O) groups excluding carboxylic acids is 4. The third-order valence-electron chi connectivity index (χ3n) is 10.2. The normalized spacial score (nSPS) is 17.8. The number of carbonyl (C=O) groups is 5. The van der Waals surface area contributed by atoms with E-state index in [-0.39, 0.29) is 37.1 Å². The van der Waals surface area contributed by atoms with Crippen LogP contribution in [0.5, 0.6) is 5.75 Å². The fourth-order valence-corrected chi connectivity index (χ4v) is 6.94. The fourth-order valence-electron chi connectivity index (χ4n) is 6.94. The maximum atomic E-state index is 14.8. The van der Waals surface area contributed by atoms with Crippen LogP contribution in [0.3, 0.4) is 0 Å². The number of hydrogen-bond acceptors (Lipinski definition) is 7. The van der Waals surface area contributed by atoms with E-state index in [2.05, 4.69) is 16.7 Å². The Bertz CT molecular complexity index is 1910. The van der Waals surface area contributed by atoms with E-state index in [4.69, 9.17) is 9.47 Å². The first-order valence-electron chi connectivity index (χ1n) is 18.8. The van der Waals surface area contributed by atoms with E-state index < -0.39 is 53.0 Å². The van der Waals surface area contributed by atoms with E-state index in [0.717, 1.165) is 41.5 Å². The molecule has 1 aliphatic heterocycles. The molecule has 0 spiro atoms. The third kappa shape index (κ3) is 10.0. The van der Waals surface area contributed by atoms with Crippen molar-refractivity contribution in [3.8, 4) is 5.75 Å². The van der Waals surface area contributed by atoms with Crippen molar-refractivity contribution in [2.24, 2.45) is 5.41 Å². The lowest BCUT2D eigenvalue weighted by molar-refractivity contribution is -0.147. The number of hydrogen-bond donors (Lipinski definition) is 3. The molecule has 0 radical (unpaired) electrons. The summed E-state index contributed by atoms with van der Waals surface area (Å²) in [7, 11) is 1.47. The molecule has 3 N–H and O–H groups in total. The summed E-state index contributed by atoms with van der Waals surface area (Å²) in [6.07, 6.45) is 2.23. The molecule has 0 saturated heterocycles. The number of carboxylic acids is 1. The molecule has 0 fully saturated rings. The summed E-state index contributed by atoms with van der Waals surface area (Å²) in [4.78, 5) is 69.7. The van der Waals surface area contributed by atoms with Gasteiger partial charge in [-0.25, -0.2) is 9.59 Å². The van der Waals surface area contributed by atoms with Crippen molar-refractivity contribution < 1.29 is 38.6 Å². The minimum atomic E-state index is -1.05. The van der Waals surface area contributed by atoms with Crippen LogP contribution in [0.1, 0.15) is 106 Å². The quantitative estimate of drug-likeness (QED) is 0.221. The first-order valence-corrected chi connectivity index (χ1v) is 18.8. The van der Waals surface area contributed by atoms with Crippen molar-refractivity contribution in [3.63, 3.8) is 0 Å². The number of nitrogens with one attached hydrogen (secondary N) is 2. The van der Waals surface area contributed by atoms with Gasteiger partial charge in [0.2, 0.25) is 17.7 Å². The Labute approximate surface area is 323 Å². The number of amides is 4. The Balaban J connectivity index is 1.42. The van der Waals surface area contributed by atoms with Gasteiger partial charge < -0.3 is 30.1 Å². The molecule has 1 aliphatic carbocycles. The first kappa shape index (κ1) is 40.8. The first-order chi connectivity index (χ1) is 25.8. The molecule has 3 aromatic carbocycles. The van der Waals surface area contributed by atoms with E-state index in [1.807, 2.05) is 57.2 Å². The van der Waals surface area contributed by atoms with Gasteiger partial charge in [0.15, 0.2) is 0 Å². The van der Waals surface area contributed by atoms with Crippen LogP contribution in [0.25, 0.3) is 0 Å². The molecule has 3 aromatic rings. The number of rotatable bonds is 10. The van der Waals surface area contributed by atoms with Crippen LogP contribution >= 0.6 is 0 Å². The Morgan fingerprint density at radius 2 is 1.62 bits per heavy atom. The zero-order valence-electron chi connectivity index (χ0n) is 33.1. The van der Waals surface area contributed by atoms with Crippen molar-refractivity contribution in [2.45, 2.75) is 117 Å². The minimum Gasteiger partial charge on any atom is -0.489 e. The second-order valence-corrected chi connectivity index (χ2v) is 16.6. The van der Waals surface area contributed by atoms with Crippen LogP contribution in [0.15, 0.2) is 66.7 Å². The predicted molar refractivity (Wildman–Crippen MR) is 207 cm³/mol. The average Bonchev–Trinajstić information content (AvgIpc) is 3.13. The van der Waals surface area contributed by atoms with Crippen molar-refractivity contribution in [3.05, 3.63) is 100 Å². The molecule has 0 aromatic heterocycles. The monoisotopic (exact) mass is 754 g/mol. The van der Waals surface area contributed by atoms with E-state index in [1.54, 1.807) is 44.7 Å². The third-order valence-corrected chi connectivity index (χ3v) is 10.2.